The average molecular weight is 496 g/mol. The van der Waals surface area contributed by atoms with Crippen LogP contribution in [-0.2, 0) is 23.1 Å². The summed E-state index contributed by atoms with van der Waals surface area (Å²) >= 11 is 0. The number of aromatic nitrogens is 7. The summed E-state index contributed by atoms with van der Waals surface area (Å²) in [6.45, 7) is 6.37. The lowest BCUT2D eigenvalue weighted by Crippen LogP contribution is -2.17. The largest absolute Gasteiger partial charge is 0.388 e. The van der Waals surface area contributed by atoms with Crippen molar-refractivity contribution in [3.05, 3.63) is 54.1 Å². The lowest BCUT2D eigenvalue weighted by molar-refractivity contribution is 0.259. The summed E-state index contributed by atoms with van der Waals surface area (Å²) in [4.78, 5) is 18.1. The first-order valence-corrected chi connectivity index (χ1v) is 13.3. The molecule has 184 valence electrons. The summed E-state index contributed by atoms with van der Waals surface area (Å²) in [6, 6.07) is 4.00. The van der Waals surface area contributed by atoms with Crippen LogP contribution < -0.4 is 0 Å². The smallest absolute Gasteiger partial charge is 0.256 e. The molecule has 5 rings (SSSR count). The van der Waals surface area contributed by atoms with Gasteiger partial charge in [0.15, 0.2) is 5.82 Å². The highest BCUT2D eigenvalue weighted by Gasteiger charge is 2.37. The van der Waals surface area contributed by atoms with Gasteiger partial charge in [0.05, 0.1) is 40.6 Å². The number of nitrogens with zero attached hydrogens (tertiary/aromatic N) is 7. The highest BCUT2D eigenvalue weighted by Crippen LogP contribution is 2.30. The molecule has 1 N–H and O–H groups in total. The van der Waals surface area contributed by atoms with Crippen LogP contribution in [0.2, 0.25) is 0 Å². The Kier molecular flexibility index (Phi) is 6.14. The van der Waals surface area contributed by atoms with Crippen molar-refractivity contribution in [2.75, 3.05) is 0 Å². The molecule has 1 unspecified atom stereocenters. The first-order chi connectivity index (χ1) is 16.8. The Labute approximate surface area is 204 Å². The molecule has 1 aliphatic rings. The fourth-order valence-corrected chi connectivity index (χ4v) is 5.95. The van der Waals surface area contributed by atoms with Gasteiger partial charge in [0.1, 0.15) is 17.9 Å². The van der Waals surface area contributed by atoms with Crippen LogP contribution in [0, 0.1) is 5.92 Å². The molecule has 11 heteroatoms. The van der Waals surface area contributed by atoms with Gasteiger partial charge in [0.2, 0.25) is 0 Å². The van der Waals surface area contributed by atoms with Crippen molar-refractivity contribution in [3.63, 3.8) is 0 Å². The molecule has 10 nitrogen and oxygen atoms in total. The van der Waals surface area contributed by atoms with Gasteiger partial charge in [0.25, 0.3) is 10.0 Å². The molecule has 0 spiro atoms. The highest BCUT2D eigenvalue weighted by molar-refractivity contribution is 7.90. The van der Waals surface area contributed by atoms with E-state index in [9.17, 15) is 13.5 Å². The zero-order valence-electron chi connectivity index (χ0n) is 20.0. The van der Waals surface area contributed by atoms with Crippen LogP contribution in [0.15, 0.2) is 36.9 Å². The van der Waals surface area contributed by atoms with Crippen molar-refractivity contribution in [3.8, 4) is 11.4 Å². The van der Waals surface area contributed by atoms with Gasteiger partial charge in [-0.3, -0.25) is 4.98 Å². The standard InChI is InChI=1S/C24H29N7O3S/c1-15(2)8-16(3)31-22-10-19(26-12-21(22)29-23(31)14-32)9-18-6-7-25-24(28-18)17-11-27-30(13-17)35(33,34)20-4-5-20/h6-7,10-13,15-16,20,32H,4-5,8-9,14H2,1-3H3. The maximum absolute atomic E-state index is 12.4. The van der Waals surface area contributed by atoms with Crippen molar-refractivity contribution in [2.45, 2.75) is 64.4 Å². The first kappa shape index (κ1) is 23.6. The monoisotopic (exact) mass is 495 g/mol. The number of pyridine rings is 1. The third kappa shape index (κ3) is 4.70. The molecule has 4 aromatic heterocycles. The Morgan fingerprint density at radius 2 is 1.91 bits per heavy atom. The minimum atomic E-state index is -3.44. The van der Waals surface area contributed by atoms with Gasteiger partial charge in [0, 0.05) is 24.4 Å². The molecular formula is C24H29N7O3S. The van der Waals surface area contributed by atoms with Crippen LogP contribution in [-0.4, -0.2) is 52.5 Å². The molecule has 0 radical (unpaired) electrons. The van der Waals surface area contributed by atoms with Gasteiger partial charge in [-0.15, -0.1) is 0 Å². The molecule has 1 atom stereocenters. The van der Waals surface area contributed by atoms with Crippen molar-refractivity contribution >= 4 is 21.1 Å². The van der Waals surface area contributed by atoms with Gasteiger partial charge in [-0.25, -0.2) is 23.4 Å². The maximum atomic E-state index is 12.4. The fraction of sp³-hybridized carbons (Fsp3) is 0.458. The highest BCUT2D eigenvalue weighted by atomic mass is 32.2. The summed E-state index contributed by atoms with van der Waals surface area (Å²) in [5.41, 5.74) is 3.81. The molecule has 0 amide bonds. The SMILES string of the molecule is CC(C)CC(C)n1c(CO)nc2cnc(Cc3ccnc(-c4cnn(S(=O)(=O)C5CC5)c4)n3)cc21. The van der Waals surface area contributed by atoms with Gasteiger partial charge >= 0.3 is 0 Å². The van der Waals surface area contributed by atoms with E-state index < -0.39 is 10.0 Å². The van der Waals surface area contributed by atoms with Crippen LogP contribution in [0.1, 0.15) is 63.3 Å². The lowest BCUT2D eigenvalue weighted by Gasteiger charge is -2.19. The van der Waals surface area contributed by atoms with Crippen LogP contribution in [0.3, 0.4) is 0 Å². The predicted octanol–water partition coefficient (Wildman–Crippen LogP) is 3.12. The molecule has 4 heterocycles. The second-order valence-corrected chi connectivity index (χ2v) is 11.7. The summed E-state index contributed by atoms with van der Waals surface area (Å²) < 4.78 is 28.0. The van der Waals surface area contributed by atoms with E-state index in [0.29, 0.717) is 42.4 Å². The zero-order chi connectivity index (χ0) is 24.7. The van der Waals surface area contributed by atoms with E-state index >= 15 is 0 Å². The van der Waals surface area contributed by atoms with E-state index in [-0.39, 0.29) is 17.9 Å². The van der Waals surface area contributed by atoms with Crippen LogP contribution >= 0.6 is 0 Å². The second kappa shape index (κ2) is 9.12. The van der Waals surface area contributed by atoms with Crippen LogP contribution in [0.25, 0.3) is 22.4 Å². The van der Waals surface area contributed by atoms with Crippen molar-refractivity contribution in [2.24, 2.45) is 5.92 Å². The topological polar surface area (TPSA) is 129 Å². The van der Waals surface area contributed by atoms with Crippen LogP contribution in [0.4, 0.5) is 0 Å². The van der Waals surface area contributed by atoms with Crippen LogP contribution in [0.5, 0.6) is 0 Å². The Balaban J connectivity index is 1.43. The second-order valence-electron chi connectivity index (χ2n) is 9.59. The van der Waals surface area contributed by atoms with E-state index in [0.717, 1.165) is 32.9 Å². The Bertz CT molecular complexity index is 1470. The van der Waals surface area contributed by atoms with Crippen molar-refractivity contribution < 1.29 is 13.5 Å². The Morgan fingerprint density at radius 1 is 1.11 bits per heavy atom. The number of aliphatic hydroxyl groups excluding tert-OH is 1. The van der Waals surface area contributed by atoms with Crippen molar-refractivity contribution in [1.82, 2.24) is 33.7 Å². The quantitative estimate of drug-likeness (QED) is 0.375. The molecule has 35 heavy (non-hydrogen) atoms. The van der Waals surface area contributed by atoms with Gasteiger partial charge in [-0.05, 0) is 44.2 Å². The number of hydrogen-bond donors (Lipinski definition) is 1. The normalized spacial score (nSPS) is 15.2. The molecule has 0 saturated heterocycles. The number of rotatable bonds is 9. The molecule has 0 aliphatic heterocycles. The fourth-order valence-electron chi connectivity index (χ4n) is 4.48. The van der Waals surface area contributed by atoms with E-state index in [1.54, 1.807) is 12.4 Å². The maximum Gasteiger partial charge on any atom is 0.256 e. The first-order valence-electron chi connectivity index (χ1n) is 11.8. The minimum absolute atomic E-state index is 0.133. The minimum Gasteiger partial charge on any atom is -0.388 e. The zero-order valence-corrected chi connectivity index (χ0v) is 20.9. The Hall–Kier alpha value is -3.18. The third-order valence-electron chi connectivity index (χ3n) is 6.20. The molecule has 0 bridgehead atoms. The van der Waals surface area contributed by atoms with E-state index in [1.165, 1.54) is 12.4 Å². The number of hydrogen-bond acceptors (Lipinski definition) is 8. The molecule has 1 saturated carbocycles. The predicted molar refractivity (Wildman–Crippen MR) is 131 cm³/mol. The summed E-state index contributed by atoms with van der Waals surface area (Å²) in [5.74, 6) is 1.56. The molecule has 1 aliphatic carbocycles. The Morgan fingerprint density at radius 3 is 2.63 bits per heavy atom. The number of aliphatic hydroxyl groups is 1. The number of fused-ring (bicyclic) bond motifs is 1. The molecular weight excluding hydrogens is 466 g/mol. The lowest BCUT2D eigenvalue weighted by atomic mass is 10.0. The molecule has 1 fully saturated rings. The van der Waals surface area contributed by atoms with E-state index in [2.05, 4.69) is 50.4 Å². The van der Waals surface area contributed by atoms with Crippen molar-refractivity contribution in [1.29, 1.82) is 0 Å². The molecule has 4 aromatic rings. The summed E-state index contributed by atoms with van der Waals surface area (Å²) in [7, 11) is -3.44. The summed E-state index contributed by atoms with van der Waals surface area (Å²) in [6.07, 6.45) is 9.13. The van der Waals surface area contributed by atoms with E-state index in [1.807, 2.05) is 12.1 Å². The average Bonchev–Trinajstić information content (AvgIpc) is 3.45. The van der Waals surface area contributed by atoms with Gasteiger partial charge < -0.3 is 9.67 Å². The van der Waals surface area contributed by atoms with E-state index in [4.69, 9.17) is 0 Å². The third-order valence-corrected chi connectivity index (χ3v) is 8.24. The summed E-state index contributed by atoms with van der Waals surface area (Å²) in [5, 5.41) is 13.6. The number of imidazole rings is 1. The van der Waals surface area contributed by atoms with Gasteiger partial charge in [-0.1, -0.05) is 13.8 Å². The molecule has 0 aromatic carbocycles. The van der Waals surface area contributed by atoms with Gasteiger partial charge in [-0.2, -0.15) is 9.19 Å².